The van der Waals surface area contributed by atoms with Gasteiger partial charge in [0, 0.05) is 36.1 Å². The number of aromatic nitrogens is 2. The van der Waals surface area contributed by atoms with E-state index in [1.165, 1.54) is 0 Å². The van der Waals surface area contributed by atoms with E-state index in [-0.39, 0.29) is 0 Å². The summed E-state index contributed by atoms with van der Waals surface area (Å²) in [7, 11) is 1.68. The van der Waals surface area contributed by atoms with E-state index in [0.717, 1.165) is 67.5 Å². The van der Waals surface area contributed by atoms with Crippen LogP contribution in [0, 0.1) is 0 Å². The number of hydrogen-bond donors (Lipinski definition) is 4. The zero-order valence-electron chi connectivity index (χ0n) is 17.4. The number of hydrogen-bond acceptors (Lipinski definition) is 9. The van der Waals surface area contributed by atoms with E-state index < -0.39 is 0 Å². The van der Waals surface area contributed by atoms with Crippen molar-refractivity contribution in [1.82, 2.24) is 36.6 Å². The molecule has 0 unspecified atom stereocenters. The molecule has 4 heterocycles. The summed E-state index contributed by atoms with van der Waals surface area (Å²) in [6.07, 6.45) is 4.07. The third kappa shape index (κ3) is 4.15. The van der Waals surface area contributed by atoms with Crippen molar-refractivity contribution < 1.29 is 9.15 Å². The van der Waals surface area contributed by atoms with Gasteiger partial charge in [-0.15, -0.1) is 10.2 Å². The molecule has 0 saturated carbocycles. The van der Waals surface area contributed by atoms with Gasteiger partial charge in [0.15, 0.2) is 0 Å². The number of nitrogens with zero attached hydrogens (tertiary/aromatic N) is 3. The maximum atomic E-state index is 6.23. The molecule has 31 heavy (non-hydrogen) atoms. The summed E-state index contributed by atoms with van der Waals surface area (Å²) in [6.45, 7) is 4.29. The number of rotatable bonds is 5. The van der Waals surface area contributed by atoms with E-state index in [9.17, 15) is 0 Å². The van der Waals surface area contributed by atoms with Crippen molar-refractivity contribution >= 4 is 17.3 Å². The molecule has 0 aliphatic carbocycles. The first-order chi connectivity index (χ1) is 15.2. The molecule has 3 aliphatic heterocycles. The number of nitrogens with one attached hydrogen (secondary N) is 4. The highest BCUT2D eigenvalue weighted by Gasteiger charge is 2.27. The number of allylic oxidation sites excluding steroid dienone is 1. The third-order valence-corrected chi connectivity index (χ3v) is 6.08. The molecule has 0 atom stereocenters. The number of halogens is 1. The minimum absolute atomic E-state index is 0.317. The lowest BCUT2D eigenvalue weighted by atomic mass is 9.98. The average Bonchev–Trinajstić information content (AvgIpc) is 3.30. The minimum Gasteiger partial charge on any atom is -0.496 e. The van der Waals surface area contributed by atoms with Gasteiger partial charge in [0.2, 0.25) is 5.89 Å². The second-order valence-electron chi connectivity index (χ2n) is 7.84. The molecule has 1 fully saturated rings. The number of ether oxygens (including phenoxy) is 1. The molecular formula is C21H26ClN7O2. The summed E-state index contributed by atoms with van der Waals surface area (Å²) in [5.41, 5.74) is 9.20. The van der Waals surface area contributed by atoms with Crippen LogP contribution in [0.15, 0.2) is 40.2 Å². The highest BCUT2D eigenvalue weighted by molar-refractivity contribution is 6.30. The van der Waals surface area contributed by atoms with Gasteiger partial charge < -0.3 is 24.7 Å². The average molecular weight is 444 g/mol. The Balaban J connectivity index is 1.39. The van der Waals surface area contributed by atoms with Crippen LogP contribution < -0.4 is 26.2 Å². The van der Waals surface area contributed by atoms with Gasteiger partial charge in [0.25, 0.3) is 5.89 Å². The molecule has 5 rings (SSSR count). The monoisotopic (exact) mass is 443 g/mol. The van der Waals surface area contributed by atoms with E-state index in [0.29, 0.717) is 29.3 Å². The highest BCUT2D eigenvalue weighted by Crippen LogP contribution is 2.29. The summed E-state index contributed by atoms with van der Waals surface area (Å²) < 4.78 is 11.6. The quantitative estimate of drug-likeness (QED) is 0.552. The van der Waals surface area contributed by atoms with Crippen LogP contribution in [-0.4, -0.2) is 48.4 Å². The van der Waals surface area contributed by atoms with Gasteiger partial charge in [-0.3, -0.25) is 10.9 Å². The fourth-order valence-corrected chi connectivity index (χ4v) is 4.39. The van der Waals surface area contributed by atoms with E-state index >= 15 is 0 Å². The van der Waals surface area contributed by atoms with Crippen molar-refractivity contribution in [2.75, 3.05) is 33.3 Å². The van der Waals surface area contributed by atoms with E-state index in [4.69, 9.17) is 20.8 Å². The molecular weight excluding hydrogens is 418 g/mol. The van der Waals surface area contributed by atoms with Crippen LogP contribution in [0.3, 0.4) is 0 Å². The lowest BCUT2D eigenvalue weighted by Crippen LogP contribution is -2.48. The van der Waals surface area contributed by atoms with Gasteiger partial charge in [0.05, 0.1) is 12.8 Å². The zero-order chi connectivity index (χ0) is 21.2. The van der Waals surface area contributed by atoms with Gasteiger partial charge in [-0.05, 0) is 50.2 Å². The largest absolute Gasteiger partial charge is 0.496 e. The molecule has 164 valence electrons. The standard InChI is InChI=1S/C21H26ClN7O2/c1-30-18-3-2-15(22)10-14(18)12-29-9-8-24-19-17(29)11-16(25-26-19)21-28-27-20(31-21)13-4-6-23-7-5-13/h2-3,10-11,13,23-26H,4-9,12H2,1H3. The summed E-state index contributed by atoms with van der Waals surface area (Å²) >= 11 is 6.23. The smallest absolute Gasteiger partial charge is 0.265 e. The maximum Gasteiger partial charge on any atom is 0.265 e. The summed E-state index contributed by atoms with van der Waals surface area (Å²) in [6, 6.07) is 5.69. The predicted octanol–water partition coefficient (Wildman–Crippen LogP) is 1.92. The Morgan fingerprint density at radius 3 is 2.90 bits per heavy atom. The van der Waals surface area contributed by atoms with Crippen molar-refractivity contribution in [1.29, 1.82) is 0 Å². The maximum absolute atomic E-state index is 6.23. The van der Waals surface area contributed by atoms with Crippen LogP contribution in [0.1, 0.15) is 36.1 Å². The first kappa shape index (κ1) is 20.0. The van der Waals surface area contributed by atoms with Crippen molar-refractivity contribution in [2.45, 2.75) is 25.3 Å². The van der Waals surface area contributed by atoms with Crippen LogP contribution in [0.5, 0.6) is 5.75 Å². The van der Waals surface area contributed by atoms with Gasteiger partial charge >= 0.3 is 0 Å². The Labute approximate surface area is 185 Å². The first-order valence-corrected chi connectivity index (χ1v) is 10.9. The summed E-state index contributed by atoms with van der Waals surface area (Å²) in [5, 5.41) is 16.1. The summed E-state index contributed by atoms with van der Waals surface area (Å²) in [4.78, 5) is 2.28. The Bertz CT molecular complexity index is 1010. The molecule has 1 aromatic carbocycles. The molecule has 1 saturated heterocycles. The van der Waals surface area contributed by atoms with E-state index in [1.807, 2.05) is 24.3 Å². The van der Waals surface area contributed by atoms with Crippen molar-refractivity contribution in [2.24, 2.45) is 0 Å². The highest BCUT2D eigenvalue weighted by atomic mass is 35.5. The van der Waals surface area contributed by atoms with E-state index in [2.05, 4.69) is 36.6 Å². The molecule has 0 bridgehead atoms. The van der Waals surface area contributed by atoms with Crippen LogP contribution in [0.2, 0.25) is 5.02 Å². The molecule has 1 aromatic heterocycles. The molecule has 3 aliphatic rings. The van der Waals surface area contributed by atoms with Crippen molar-refractivity contribution in [3.63, 3.8) is 0 Å². The van der Waals surface area contributed by atoms with Gasteiger partial charge in [-0.2, -0.15) is 0 Å². The van der Waals surface area contributed by atoms with Gasteiger partial charge in [-0.1, -0.05) is 11.6 Å². The number of piperidine rings is 1. The lowest BCUT2D eigenvalue weighted by Gasteiger charge is -2.36. The molecule has 10 heteroatoms. The molecule has 0 spiro atoms. The van der Waals surface area contributed by atoms with Crippen LogP contribution in [0.25, 0.3) is 5.70 Å². The molecule has 4 N–H and O–H groups in total. The van der Waals surface area contributed by atoms with Crippen molar-refractivity contribution in [3.8, 4) is 5.75 Å². The topological polar surface area (TPSA) is 99.5 Å². The van der Waals surface area contributed by atoms with Crippen molar-refractivity contribution in [3.05, 3.63) is 58.2 Å². The normalized spacial score (nSPS) is 19.2. The van der Waals surface area contributed by atoms with Gasteiger partial charge in [0.1, 0.15) is 17.3 Å². The fourth-order valence-electron chi connectivity index (χ4n) is 4.19. The van der Waals surface area contributed by atoms with Crippen LogP contribution >= 0.6 is 11.6 Å². The predicted molar refractivity (Wildman–Crippen MR) is 117 cm³/mol. The van der Waals surface area contributed by atoms with Crippen LogP contribution in [-0.2, 0) is 6.54 Å². The Kier molecular flexibility index (Phi) is 5.61. The first-order valence-electron chi connectivity index (χ1n) is 10.5. The second-order valence-corrected chi connectivity index (χ2v) is 8.28. The SMILES string of the molecule is COc1ccc(Cl)cc1CN1CCNC2=C1C=C(c1nnc(C3CCNCC3)o1)NN2. The Hall–Kier alpha value is -2.91. The summed E-state index contributed by atoms with van der Waals surface area (Å²) in [5.74, 6) is 3.24. The Morgan fingerprint density at radius 1 is 1.19 bits per heavy atom. The molecule has 2 aromatic rings. The third-order valence-electron chi connectivity index (χ3n) is 5.85. The minimum atomic E-state index is 0.317. The number of methoxy groups -OCH3 is 1. The fraction of sp³-hybridized carbons (Fsp3) is 0.429. The lowest BCUT2D eigenvalue weighted by molar-refractivity contribution is 0.302. The number of hydrazine groups is 1. The Morgan fingerprint density at radius 2 is 2.06 bits per heavy atom. The van der Waals surface area contributed by atoms with Gasteiger partial charge in [-0.25, -0.2) is 0 Å². The molecule has 0 radical (unpaired) electrons. The zero-order valence-corrected chi connectivity index (χ0v) is 18.1. The second kappa shape index (κ2) is 8.68. The molecule has 0 amide bonds. The van der Waals surface area contributed by atoms with E-state index in [1.54, 1.807) is 7.11 Å². The molecule has 9 nitrogen and oxygen atoms in total. The van der Waals surface area contributed by atoms with Crippen LogP contribution in [0.4, 0.5) is 0 Å². The number of benzene rings is 1.